The maximum absolute atomic E-state index is 5.42. The third-order valence-corrected chi connectivity index (χ3v) is 2.51. The van der Waals surface area contributed by atoms with Gasteiger partial charge in [0.1, 0.15) is 0 Å². The van der Waals surface area contributed by atoms with Gasteiger partial charge in [0.25, 0.3) is 5.22 Å². The van der Waals surface area contributed by atoms with Gasteiger partial charge in [-0.15, -0.1) is 10.2 Å². The number of nitrogens with two attached hydrogens (primary N) is 1. The Bertz CT molecular complexity index is 417. The van der Waals surface area contributed by atoms with Crippen LogP contribution in [0, 0.1) is 0 Å². The normalized spacial score (nSPS) is 10.5. The smallest absolute Gasteiger partial charge is 0.276 e. The summed E-state index contributed by atoms with van der Waals surface area (Å²) in [6, 6.07) is 3.70. The maximum atomic E-state index is 5.42. The minimum atomic E-state index is 0.489. The van der Waals surface area contributed by atoms with Crippen molar-refractivity contribution in [3.63, 3.8) is 0 Å². The summed E-state index contributed by atoms with van der Waals surface area (Å²) in [7, 11) is 0. The molecule has 0 radical (unpaired) electrons. The van der Waals surface area contributed by atoms with E-state index in [1.165, 1.54) is 11.8 Å². The fourth-order valence-electron chi connectivity index (χ4n) is 1.02. The number of aromatic nitrogens is 3. The lowest BCUT2D eigenvalue weighted by Gasteiger charge is -1.92. The SMILES string of the molecule is NCCSc1nnc(-c2cccnc2)o1. The second-order valence-electron chi connectivity index (χ2n) is 2.75. The molecule has 2 aromatic heterocycles. The molecule has 2 aromatic rings. The molecule has 2 rings (SSSR count). The van der Waals surface area contributed by atoms with E-state index in [9.17, 15) is 0 Å². The molecule has 0 aromatic carbocycles. The Morgan fingerprint density at radius 2 is 2.33 bits per heavy atom. The van der Waals surface area contributed by atoms with Gasteiger partial charge in [-0.25, -0.2) is 0 Å². The Labute approximate surface area is 91.1 Å². The summed E-state index contributed by atoms with van der Waals surface area (Å²) < 4.78 is 5.42. The average Bonchev–Trinajstić information content (AvgIpc) is 2.76. The molecule has 2 heterocycles. The van der Waals surface area contributed by atoms with Crippen molar-refractivity contribution >= 4 is 11.8 Å². The summed E-state index contributed by atoms with van der Waals surface area (Å²) in [4.78, 5) is 3.98. The fourth-order valence-corrected chi connectivity index (χ4v) is 1.55. The predicted molar refractivity (Wildman–Crippen MR) is 57.3 cm³/mol. The number of thioether (sulfide) groups is 1. The highest BCUT2D eigenvalue weighted by molar-refractivity contribution is 7.99. The van der Waals surface area contributed by atoms with Crippen molar-refractivity contribution in [1.82, 2.24) is 15.2 Å². The molecule has 0 fully saturated rings. The van der Waals surface area contributed by atoms with E-state index in [0.29, 0.717) is 17.7 Å². The number of pyridine rings is 1. The lowest BCUT2D eigenvalue weighted by atomic mass is 10.3. The molecule has 0 saturated carbocycles. The molecule has 6 heteroatoms. The molecule has 0 bridgehead atoms. The van der Waals surface area contributed by atoms with Crippen LogP contribution < -0.4 is 5.73 Å². The first-order chi connectivity index (χ1) is 7.40. The van der Waals surface area contributed by atoms with Crippen LogP contribution in [0.5, 0.6) is 0 Å². The molecule has 0 aliphatic heterocycles. The molecule has 15 heavy (non-hydrogen) atoms. The van der Waals surface area contributed by atoms with Gasteiger partial charge in [0, 0.05) is 24.7 Å². The van der Waals surface area contributed by atoms with Crippen LogP contribution >= 0.6 is 11.8 Å². The Balaban J connectivity index is 2.14. The topological polar surface area (TPSA) is 77.8 Å². The Kier molecular flexibility index (Phi) is 3.31. The van der Waals surface area contributed by atoms with E-state index >= 15 is 0 Å². The van der Waals surface area contributed by atoms with Gasteiger partial charge < -0.3 is 10.2 Å². The Hall–Kier alpha value is -1.40. The summed E-state index contributed by atoms with van der Waals surface area (Å²) >= 11 is 1.45. The lowest BCUT2D eigenvalue weighted by Crippen LogP contribution is -2.00. The molecule has 0 spiro atoms. The molecular weight excluding hydrogens is 212 g/mol. The minimum absolute atomic E-state index is 0.489. The zero-order valence-electron chi connectivity index (χ0n) is 7.96. The van der Waals surface area contributed by atoms with E-state index in [4.69, 9.17) is 10.2 Å². The van der Waals surface area contributed by atoms with Crippen molar-refractivity contribution in [3.05, 3.63) is 24.5 Å². The number of hydrogen-bond acceptors (Lipinski definition) is 6. The zero-order valence-corrected chi connectivity index (χ0v) is 8.78. The number of rotatable bonds is 4. The van der Waals surface area contributed by atoms with Crippen LogP contribution in [0.2, 0.25) is 0 Å². The van der Waals surface area contributed by atoms with Crippen LogP contribution in [0.3, 0.4) is 0 Å². The van der Waals surface area contributed by atoms with Gasteiger partial charge in [0.05, 0.1) is 5.56 Å². The van der Waals surface area contributed by atoms with Gasteiger partial charge in [-0.05, 0) is 12.1 Å². The summed E-state index contributed by atoms with van der Waals surface area (Å²) in [6.45, 7) is 0.593. The molecule has 78 valence electrons. The van der Waals surface area contributed by atoms with Crippen molar-refractivity contribution in [3.8, 4) is 11.5 Å². The largest absolute Gasteiger partial charge is 0.411 e. The summed E-state index contributed by atoms with van der Waals surface area (Å²) in [5, 5.41) is 8.36. The monoisotopic (exact) mass is 222 g/mol. The van der Waals surface area contributed by atoms with Crippen LogP contribution in [0.15, 0.2) is 34.2 Å². The first-order valence-corrected chi connectivity index (χ1v) is 5.45. The molecular formula is C9H10N4OS. The summed E-state index contributed by atoms with van der Waals surface area (Å²) in [5.41, 5.74) is 6.20. The average molecular weight is 222 g/mol. The van der Waals surface area contributed by atoms with Crippen molar-refractivity contribution in [2.45, 2.75) is 5.22 Å². The van der Waals surface area contributed by atoms with E-state index in [-0.39, 0.29) is 0 Å². The van der Waals surface area contributed by atoms with Crippen LogP contribution in [0.25, 0.3) is 11.5 Å². The summed E-state index contributed by atoms with van der Waals surface area (Å²) in [6.07, 6.45) is 3.38. The highest BCUT2D eigenvalue weighted by atomic mass is 32.2. The second-order valence-corrected chi connectivity index (χ2v) is 3.80. The van der Waals surface area contributed by atoms with Crippen LogP contribution in [0.4, 0.5) is 0 Å². The fraction of sp³-hybridized carbons (Fsp3) is 0.222. The van der Waals surface area contributed by atoms with Gasteiger partial charge in [0.15, 0.2) is 0 Å². The van der Waals surface area contributed by atoms with Crippen LogP contribution in [-0.4, -0.2) is 27.5 Å². The van der Waals surface area contributed by atoms with Gasteiger partial charge in [-0.2, -0.15) is 0 Å². The third kappa shape index (κ3) is 2.54. The van der Waals surface area contributed by atoms with E-state index in [2.05, 4.69) is 15.2 Å². The van der Waals surface area contributed by atoms with E-state index in [0.717, 1.165) is 11.3 Å². The summed E-state index contributed by atoms with van der Waals surface area (Å²) in [5.74, 6) is 1.26. The first kappa shape index (κ1) is 10.1. The molecule has 0 unspecified atom stereocenters. The zero-order chi connectivity index (χ0) is 10.5. The molecule has 5 nitrogen and oxygen atoms in total. The predicted octanol–water partition coefficient (Wildman–Crippen LogP) is 1.18. The highest BCUT2D eigenvalue weighted by Crippen LogP contribution is 2.21. The van der Waals surface area contributed by atoms with Gasteiger partial charge >= 0.3 is 0 Å². The van der Waals surface area contributed by atoms with Crippen LogP contribution in [-0.2, 0) is 0 Å². The van der Waals surface area contributed by atoms with E-state index in [1.807, 2.05) is 12.1 Å². The maximum Gasteiger partial charge on any atom is 0.276 e. The van der Waals surface area contributed by atoms with E-state index < -0.39 is 0 Å². The lowest BCUT2D eigenvalue weighted by molar-refractivity contribution is 0.466. The number of hydrogen-bond donors (Lipinski definition) is 1. The quantitative estimate of drug-likeness (QED) is 0.783. The van der Waals surface area contributed by atoms with E-state index in [1.54, 1.807) is 12.4 Å². The Morgan fingerprint density at radius 1 is 1.40 bits per heavy atom. The Morgan fingerprint density at radius 3 is 3.07 bits per heavy atom. The van der Waals surface area contributed by atoms with Gasteiger partial charge in [-0.3, -0.25) is 4.98 Å². The van der Waals surface area contributed by atoms with Crippen LogP contribution in [0.1, 0.15) is 0 Å². The molecule has 0 aliphatic rings. The second kappa shape index (κ2) is 4.90. The number of nitrogens with zero attached hydrogens (tertiary/aromatic N) is 3. The van der Waals surface area contributed by atoms with Gasteiger partial charge in [-0.1, -0.05) is 11.8 Å². The van der Waals surface area contributed by atoms with Crippen molar-refractivity contribution in [2.24, 2.45) is 5.73 Å². The molecule has 0 aliphatic carbocycles. The standard InChI is InChI=1S/C9H10N4OS/c10-3-5-15-9-13-12-8(14-9)7-2-1-4-11-6-7/h1-2,4,6H,3,5,10H2. The molecule has 0 atom stereocenters. The third-order valence-electron chi connectivity index (χ3n) is 1.66. The van der Waals surface area contributed by atoms with Gasteiger partial charge in [0.2, 0.25) is 5.89 Å². The molecule has 2 N–H and O–H groups in total. The van der Waals surface area contributed by atoms with Crippen molar-refractivity contribution in [2.75, 3.05) is 12.3 Å². The highest BCUT2D eigenvalue weighted by Gasteiger charge is 2.07. The first-order valence-electron chi connectivity index (χ1n) is 4.47. The minimum Gasteiger partial charge on any atom is -0.411 e. The molecule has 0 amide bonds. The van der Waals surface area contributed by atoms with Crippen molar-refractivity contribution in [1.29, 1.82) is 0 Å². The van der Waals surface area contributed by atoms with Crippen molar-refractivity contribution < 1.29 is 4.42 Å². The molecule has 0 saturated heterocycles.